The van der Waals surface area contributed by atoms with Gasteiger partial charge in [-0.3, -0.25) is 4.79 Å². The van der Waals surface area contributed by atoms with E-state index < -0.39 is 0 Å². The summed E-state index contributed by atoms with van der Waals surface area (Å²) in [6.45, 7) is 7.53. The van der Waals surface area contributed by atoms with Crippen LogP contribution in [0.3, 0.4) is 0 Å². The third kappa shape index (κ3) is 5.11. The smallest absolute Gasteiger partial charge is 0.155 e. The number of hydrogen-bond acceptors (Lipinski definition) is 3. The molecular weight excluding hydrogens is 697 g/mol. The molecule has 1 aliphatic heterocycles. The van der Waals surface area contributed by atoms with Gasteiger partial charge in [0.1, 0.15) is 0 Å². The molecule has 0 aliphatic carbocycles. The van der Waals surface area contributed by atoms with Crippen molar-refractivity contribution in [3.05, 3.63) is 132 Å². The SMILES string of the molecule is CC(=O)C=C(C)O.CC1(C)c2ccccc2-n2c3ccc(-c4cc[c-]c(-c5ccccn5)c4)cc3c3cccc1c32.[Ir]. The van der Waals surface area contributed by atoms with E-state index in [0.717, 1.165) is 11.3 Å². The zero-order chi connectivity index (χ0) is 28.7. The number of aliphatic hydroxyl groups excluding tert-OH is 1. The van der Waals surface area contributed by atoms with Crippen LogP contribution in [0.15, 0.2) is 115 Å². The number of aromatic nitrogens is 2. The molecule has 1 aliphatic rings. The molecule has 1 N–H and O–H groups in total. The predicted molar refractivity (Wildman–Crippen MR) is 167 cm³/mol. The molecule has 42 heavy (non-hydrogen) atoms. The molecular formula is C37H31IrN2O2-. The molecule has 1 radical (unpaired) electrons. The Morgan fingerprint density at radius 1 is 0.857 bits per heavy atom. The molecule has 0 saturated heterocycles. The Balaban J connectivity index is 0.000000396. The second-order valence-corrected chi connectivity index (χ2v) is 11.0. The van der Waals surface area contributed by atoms with E-state index in [1.807, 2.05) is 30.5 Å². The van der Waals surface area contributed by atoms with Crippen molar-refractivity contribution < 1.29 is 30.0 Å². The van der Waals surface area contributed by atoms with Gasteiger partial charge in [0.05, 0.1) is 22.5 Å². The summed E-state index contributed by atoms with van der Waals surface area (Å²) >= 11 is 0. The second-order valence-electron chi connectivity index (χ2n) is 11.0. The average Bonchev–Trinajstić information content (AvgIpc) is 3.31. The third-order valence-corrected chi connectivity index (χ3v) is 7.77. The van der Waals surface area contributed by atoms with Crippen LogP contribution in [0.5, 0.6) is 0 Å². The van der Waals surface area contributed by atoms with Crippen molar-refractivity contribution >= 4 is 27.6 Å². The van der Waals surface area contributed by atoms with Gasteiger partial charge in [0.2, 0.25) is 0 Å². The fourth-order valence-electron chi connectivity index (χ4n) is 5.96. The van der Waals surface area contributed by atoms with Crippen LogP contribution in [0.1, 0.15) is 38.8 Å². The van der Waals surface area contributed by atoms with Crippen LogP contribution in [0.2, 0.25) is 0 Å². The Bertz CT molecular complexity index is 1970. The zero-order valence-electron chi connectivity index (χ0n) is 24.0. The monoisotopic (exact) mass is 728 g/mol. The Labute approximate surface area is 259 Å². The van der Waals surface area contributed by atoms with Gasteiger partial charge in [-0.15, -0.1) is 35.4 Å². The number of para-hydroxylation sites is 2. The minimum absolute atomic E-state index is 0. The Kier molecular flexibility index (Phi) is 8.01. The number of rotatable bonds is 3. The van der Waals surface area contributed by atoms with E-state index in [9.17, 15) is 4.79 Å². The largest absolute Gasteiger partial charge is 0.512 e. The molecule has 0 spiro atoms. The Hall–Kier alpha value is -4.31. The molecule has 0 amide bonds. The number of carbonyl (C=O) groups excluding carboxylic acids is 1. The third-order valence-electron chi connectivity index (χ3n) is 7.77. The first-order chi connectivity index (χ1) is 19.8. The summed E-state index contributed by atoms with van der Waals surface area (Å²) < 4.78 is 2.46. The number of nitrogens with zero attached hydrogens (tertiary/aromatic N) is 2. The number of aliphatic hydroxyl groups is 1. The molecule has 0 bridgehead atoms. The second kappa shape index (κ2) is 11.5. The average molecular weight is 728 g/mol. The predicted octanol–water partition coefficient (Wildman–Crippen LogP) is 8.99. The maximum absolute atomic E-state index is 10.0. The standard InChI is InChI=1S/C32H23N2.C5H8O2.Ir/c1-32(2)26-12-3-4-15-30(26)34-29-17-16-22(20-25(29)24-11-8-13-27(32)31(24)34)21-9-7-10-23(19-21)28-14-5-6-18-33-28;1-4(6)3-5(2)7;/h3-9,11-20H,1-2H3;3,6H,1-2H3;/q-1;;. The molecule has 4 nitrogen and oxygen atoms in total. The van der Waals surface area contributed by atoms with E-state index in [0.29, 0.717) is 0 Å². The minimum Gasteiger partial charge on any atom is -0.512 e. The van der Waals surface area contributed by atoms with Gasteiger partial charge in [0.25, 0.3) is 0 Å². The molecule has 4 aromatic carbocycles. The van der Waals surface area contributed by atoms with Gasteiger partial charge >= 0.3 is 0 Å². The van der Waals surface area contributed by atoms with Crippen LogP contribution in [-0.4, -0.2) is 20.4 Å². The van der Waals surface area contributed by atoms with Crippen LogP contribution < -0.4 is 0 Å². The van der Waals surface area contributed by atoms with Crippen molar-refractivity contribution in [3.63, 3.8) is 0 Å². The number of fused-ring (bicyclic) bond motifs is 5. The number of allylic oxidation sites excluding steroid dienone is 2. The van der Waals surface area contributed by atoms with Crippen LogP contribution in [-0.2, 0) is 30.3 Å². The van der Waals surface area contributed by atoms with E-state index in [4.69, 9.17) is 5.11 Å². The number of hydrogen-bond donors (Lipinski definition) is 1. The first-order valence-corrected chi connectivity index (χ1v) is 13.7. The Morgan fingerprint density at radius 2 is 1.60 bits per heavy atom. The van der Waals surface area contributed by atoms with Gasteiger partial charge in [-0.05, 0) is 60.5 Å². The summed E-state index contributed by atoms with van der Waals surface area (Å²) in [5, 5.41) is 11.0. The molecule has 211 valence electrons. The van der Waals surface area contributed by atoms with Gasteiger partial charge in [0, 0.05) is 48.6 Å². The Morgan fingerprint density at radius 3 is 2.31 bits per heavy atom. The molecule has 0 unspecified atom stereocenters. The van der Waals surface area contributed by atoms with E-state index in [1.54, 1.807) is 0 Å². The van der Waals surface area contributed by atoms with Crippen molar-refractivity contribution in [2.45, 2.75) is 33.1 Å². The van der Waals surface area contributed by atoms with Gasteiger partial charge in [0.15, 0.2) is 5.78 Å². The summed E-state index contributed by atoms with van der Waals surface area (Å²) in [6.07, 6.45) is 3.00. The van der Waals surface area contributed by atoms with Gasteiger partial charge in [-0.2, -0.15) is 0 Å². The maximum atomic E-state index is 10.0. The fraction of sp³-hybridized carbons (Fsp3) is 0.135. The maximum Gasteiger partial charge on any atom is 0.155 e. The summed E-state index contributed by atoms with van der Waals surface area (Å²) in [7, 11) is 0. The molecule has 5 heteroatoms. The normalized spacial score (nSPS) is 13.1. The molecule has 0 atom stereocenters. The van der Waals surface area contributed by atoms with Gasteiger partial charge in [-0.25, -0.2) is 0 Å². The van der Waals surface area contributed by atoms with Crippen molar-refractivity contribution in [2.24, 2.45) is 0 Å². The number of ketones is 1. The summed E-state index contributed by atoms with van der Waals surface area (Å²) in [6, 6.07) is 38.1. The van der Waals surface area contributed by atoms with Crippen LogP contribution in [0, 0.1) is 6.07 Å². The minimum atomic E-state index is -0.125. The van der Waals surface area contributed by atoms with Crippen molar-refractivity contribution in [3.8, 4) is 28.1 Å². The van der Waals surface area contributed by atoms with Crippen molar-refractivity contribution in [2.75, 3.05) is 0 Å². The number of carbonyl (C=O) groups is 1. The van der Waals surface area contributed by atoms with E-state index >= 15 is 0 Å². The summed E-state index contributed by atoms with van der Waals surface area (Å²) in [4.78, 5) is 14.5. The molecule has 6 aromatic rings. The molecule has 0 saturated carbocycles. The van der Waals surface area contributed by atoms with Crippen LogP contribution >= 0.6 is 0 Å². The molecule has 7 rings (SSSR count). The quantitative estimate of drug-likeness (QED) is 0.113. The van der Waals surface area contributed by atoms with E-state index in [-0.39, 0.29) is 37.1 Å². The van der Waals surface area contributed by atoms with Gasteiger partial charge < -0.3 is 14.7 Å². The van der Waals surface area contributed by atoms with Crippen molar-refractivity contribution in [1.29, 1.82) is 0 Å². The number of pyridine rings is 1. The molecule has 3 heterocycles. The summed E-state index contributed by atoms with van der Waals surface area (Å²) in [5.74, 6) is -0.0625. The fourth-order valence-corrected chi connectivity index (χ4v) is 5.96. The molecule has 2 aromatic heterocycles. The van der Waals surface area contributed by atoms with E-state index in [1.165, 1.54) is 69.7 Å². The van der Waals surface area contributed by atoms with E-state index in [2.05, 4.69) is 102 Å². The van der Waals surface area contributed by atoms with Crippen LogP contribution in [0.4, 0.5) is 0 Å². The topological polar surface area (TPSA) is 55.1 Å². The van der Waals surface area contributed by atoms with Crippen molar-refractivity contribution in [1.82, 2.24) is 9.55 Å². The van der Waals surface area contributed by atoms with Crippen LogP contribution in [0.25, 0.3) is 49.9 Å². The molecule has 0 fully saturated rings. The first kappa shape index (κ1) is 29.2. The zero-order valence-corrected chi connectivity index (χ0v) is 26.4. The number of benzene rings is 4. The summed E-state index contributed by atoms with van der Waals surface area (Å²) in [5.41, 5.74) is 10.9. The first-order valence-electron chi connectivity index (χ1n) is 13.7. The van der Waals surface area contributed by atoms with Gasteiger partial charge in [-0.1, -0.05) is 68.4 Å².